The Bertz CT molecular complexity index is 763. The van der Waals surface area contributed by atoms with E-state index >= 15 is 0 Å². The van der Waals surface area contributed by atoms with E-state index in [1.165, 1.54) is 6.20 Å². The number of hydrogen-bond acceptors (Lipinski definition) is 3. The van der Waals surface area contributed by atoms with Gasteiger partial charge >= 0.3 is 6.18 Å². The molecule has 1 aromatic heterocycles. The van der Waals surface area contributed by atoms with E-state index in [4.69, 9.17) is 0 Å². The second-order valence-corrected chi connectivity index (χ2v) is 7.95. The lowest BCUT2D eigenvalue weighted by Gasteiger charge is -2.61. The molecule has 2 fully saturated rings. The summed E-state index contributed by atoms with van der Waals surface area (Å²) in [6.07, 6.45) is 0.670. The molecule has 1 spiro atoms. The molecule has 5 nitrogen and oxygen atoms in total. The molecule has 1 aromatic rings. The molecule has 2 aliphatic carbocycles. The van der Waals surface area contributed by atoms with Crippen molar-refractivity contribution in [2.24, 2.45) is 10.8 Å². The number of aromatic nitrogens is 1. The minimum absolute atomic E-state index is 0.109. The van der Waals surface area contributed by atoms with Crippen molar-refractivity contribution >= 4 is 17.6 Å². The second-order valence-electron chi connectivity index (χ2n) is 7.95. The monoisotopic (exact) mass is 367 g/mol. The van der Waals surface area contributed by atoms with Gasteiger partial charge in [-0.25, -0.2) is 4.98 Å². The number of nitrogens with one attached hydrogen (secondary N) is 2. The Kier molecular flexibility index (Phi) is 3.79. The van der Waals surface area contributed by atoms with E-state index in [1.54, 1.807) is 6.07 Å². The van der Waals surface area contributed by atoms with Gasteiger partial charge in [-0.2, -0.15) is 13.2 Å². The molecule has 8 heteroatoms. The average Bonchev–Trinajstić information content (AvgIpc) is 2.50. The molecule has 0 aromatic carbocycles. The standard InChI is InChI=1S/C18H20F3N3O2/c19-18(20,21)17(8-16(9-17)4-1-5-16)10-23-15(26)12-6-11-2-3-13(25)24-14(11)22-7-12/h6-7H,1-5,8-10H2,(H,23,26)(H,22,24,25). The van der Waals surface area contributed by atoms with Crippen molar-refractivity contribution in [3.8, 4) is 0 Å². The Morgan fingerprint density at radius 2 is 2.00 bits per heavy atom. The summed E-state index contributed by atoms with van der Waals surface area (Å²) in [4.78, 5) is 27.7. The van der Waals surface area contributed by atoms with Crippen LogP contribution in [0.5, 0.6) is 0 Å². The molecule has 26 heavy (non-hydrogen) atoms. The number of hydrogen-bond donors (Lipinski definition) is 2. The highest BCUT2D eigenvalue weighted by Gasteiger charge is 2.68. The van der Waals surface area contributed by atoms with Gasteiger partial charge in [0.15, 0.2) is 0 Å². The van der Waals surface area contributed by atoms with Crippen LogP contribution in [0.1, 0.15) is 54.4 Å². The smallest absolute Gasteiger partial charge is 0.351 e. The third-order valence-corrected chi connectivity index (χ3v) is 6.14. The van der Waals surface area contributed by atoms with Crippen LogP contribution in [0.2, 0.25) is 0 Å². The number of carbonyl (C=O) groups is 2. The van der Waals surface area contributed by atoms with E-state index < -0.39 is 24.0 Å². The largest absolute Gasteiger partial charge is 0.396 e. The molecule has 1 aliphatic heterocycles. The van der Waals surface area contributed by atoms with Crippen molar-refractivity contribution < 1.29 is 22.8 Å². The highest BCUT2D eigenvalue weighted by atomic mass is 19.4. The lowest BCUT2D eigenvalue weighted by atomic mass is 9.45. The van der Waals surface area contributed by atoms with Crippen molar-refractivity contribution in [2.75, 3.05) is 11.9 Å². The number of carbonyl (C=O) groups excluding carboxylic acids is 2. The van der Waals surface area contributed by atoms with Gasteiger partial charge in [0.25, 0.3) is 5.91 Å². The van der Waals surface area contributed by atoms with Crippen LogP contribution in [0, 0.1) is 10.8 Å². The van der Waals surface area contributed by atoms with Crippen LogP contribution >= 0.6 is 0 Å². The lowest BCUT2D eigenvalue weighted by molar-refractivity contribution is -0.291. The SMILES string of the molecule is O=C1CCc2cc(C(=O)NCC3(C(F)(F)F)CC4(CCC4)C3)cnc2N1. The van der Waals surface area contributed by atoms with Gasteiger partial charge in [0.2, 0.25) is 5.91 Å². The van der Waals surface area contributed by atoms with E-state index in [2.05, 4.69) is 15.6 Å². The zero-order valence-electron chi connectivity index (χ0n) is 14.2. The Balaban J connectivity index is 1.44. The minimum Gasteiger partial charge on any atom is -0.351 e. The molecule has 140 valence electrons. The zero-order chi connectivity index (χ0) is 18.6. The Morgan fingerprint density at radius 1 is 1.27 bits per heavy atom. The molecular formula is C18H20F3N3O2. The number of amides is 2. The molecule has 0 saturated heterocycles. The van der Waals surface area contributed by atoms with Gasteiger partial charge in [0, 0.05) is 19.2 Å². The summed E-state index contributed by atoms with van der Waals surface area (Å²) < 4.78 is 40.7. The molecule has 2 saturated carbocycles. The maximum atomic E-state index is 13.6. The molecule has 0 atom stereocenters. The van der Waals surface area contributed by atoms with Crippen molar-refractivity contribution in [2.45, 2.75) is 51.1 Å². The normalized spacial score (nSPS) is 22.7. The number of rotatable bonds is 3. The quantitative estimate of drug-likeness (QED) is 0.862. The summed E-state index contributed by atoms with van der Waals surface area (Å²) in [6.45, 7) is -0.398. The third-order valence-electron chi connectivity index (χ3n) is 6.14. The van der Waals surface area contributed by atoms with Crippen LogP contribution in [-0.2, 0) is 11.2 Å². The van der Waals surface area contributed by atoms with E-state index in [0.717, 1.165) is 24.8 Å². The average molecular weight is 367 g/mol. The van der Waals surface area contributed by atoms with Crippen LogP contribution in [0.15, 0.2) is 12.3 Å². The number of nitrogens with zero attached hydrogens (tertiary/aromatic N) is 1. The highest BCUT2D eigenvalue weighted by molar-refractivity contribution is 5.96. The number of fused-ring (bicyclic) bond motifs is 1. The summed E-state index contributed by atoms with van der Waals surface area (Å²) >= 11 is 0. The summed E-state index contributed by atoms with van der Waals surface area (Å²) in [5.74, 6) is -0.282. The molecule has 0 radical (unpaired) electrons. The van der Waals surface area contributed by atoms with Gasteiger partial charge < -0.3 is 10.6 Å². The first-order valence-electron chi connectivity index (χ1n) is 8.86. The highest BCUT2D eigenvalue weighted by Crippen LogP contribution is 2.68. The van der Waals surface area contributed by atoms with Gasteiger partial charge in [-0.3, -0.25) is 9.59 Å². The molecule has 2 amide bonds. The third kappa shape index (κ3) is 2.75. The number of halogens is 3. The molecule has 0 unspecified atom stereocenters. The van der Waals surface area contributed by atoms with Crippen molar-refractivity contribution in [3.63, 3.8) is 0 Å². The van der Waals surface area contributed by atoms with Crippen LogP contribution in [-0.4, -0.2) is 29.5 Å². The van der Waals surface area contributed by atoms with Gasteiger partial charge in [0.05, 0.1) is 11.0 Å². The number of pyridine rings is 1. The first-order chi connectivity index (χ1) is 12.2. The lowest BCUT2D eigenvalue weighted by Crippen LogP contribution is -2.61. The first-order valence-corrected chi connectivity index (χ1v) is 8.86. The Labute approximate surface area is 148 Å². The van der Waals surface area contributed by atoms with Crippen LogP contribution in [0.25, 0.3) is 0 Å². The fourth-order valence-corrected chi connectivity index (χ4v) is 4.57. The van der Waals surface area contributed by atoms with Gasteiger partial charge in [-0.15, -0.1) is 0 Å². The molecule has 3 aliphatic rings. The minimum atomic E-state index is -4.32. The van der Waals surface area contributed by atoms with E-state index in [9.17, 15) is 22.8 Å². The van der Waals surface area contributed by atoms with Crippen molar-refractivity contribution in [1.82, 2.24) is 10.3 Å². The zero-order valence-corrected chi connectivity index (χ0v) is 14.2. The topological polar surface area (TPSA) is 71.1 Å². The second kappa shape index (κ2) is 5.69. The van der Waals surface area contributed by atoms with Gasteiger partial charge in [0.1, 0.15) is 5.82 Å². The fraction of sp³-hybridized carbons (Fsp3) is 0.611. The number of alkyl halides is 3. The van der Waals surface area contributed by atoms with Crippen LogP contribution < -0.4 is 10.6 Å². The summed E-state index contributed by atoms with van der Waals surface area (Å²) in [5.41, 5.74) is -1.01. The van der Waals surface area contributed by atoms with Crippen molar-refractivity contribution in [1.29, 1.82) is 0 Å². The molecule has 2 heterocycles. The summed E-state index contributed by atoms with van der Waals surface area (Å²) in [5, 5.41) is 5.08. The van der Waals surface area contributed by atoms with Crippen LogP contribution in [0.4, 0.5) is 19.0 Å². The number of anilines is 1. The Morgan fingerprint density at radius 3 is 2.62 bits per heavy atom. The molecular weight excluding hydrogens is 347 g/mol. The van der Waals surface area contributed by atoms with Gasteiger partial charge in [-0.1, -0.05) is 6.42 Å². The fourth-order valence-electron chi connectivity index (χ4n) is 4.57. The van der Waals surface area contributed by atoms with Crippen LogP contribution in [0.3, 0.4) is 0 Å². The van der Waals surface area contributed by atoms with Gasteiger partial charge in [-0.05, 0) is 49.1 Å². The number of aryl methyl sites for hydroxylation is 1. The summed E-state index contributed by atoms with van der Waals surface area (Å²) in [6, 6.07) is 1.59. The van der Waals surface area contributed by atoms with E-state index in [0.29, 0.717) is 18.7 Å². The van der Waals surface area contributed by atoms with E-state index in [1.807, 2.05) is 0 Å². The summed E-state index contributed by atoms with van der Waals surface area (Å²) in [7, 11) is 0. The van der Waals surface area contributed by atoms with E-state index in [-0.39, 0.29) is 29.7 Å². The molecule has 2 N–H and O–H groups in total. The predicted molar refractivity (Wildman–Crippen MR) is 87.5 cm³/mol. The Hall–Kier alpha value is -2.12. The first kappa shape index (κ1) is 17.3. The van der Waals surface area contributed by atoms with Crippen molar-refractivity contribution in [3.05, 3.63) is 23.4 Å². The maximum absolute atomic E-state index is 13.6. The predicted octanol–water partition coefficient (Wildman–Crippen LogP) is 3.21. The molecule has 0 bridgehead atoms. The maximum Gasteiger partial charge on any atom is 0.396 e. The molecule has 4 rings (SSSR count).